The van der Waals surface area contributed by atoms with Crippen molar-refractivity contribution >= 4 is 28.4 Å². The van der Waals surface area contributed by atoms with Crippen molar-refractivity contribution < 1.29 is 9.21 Å². The van der Waals surface area contributed by atoms with Gasteiger partial charge >= 0.3 is 0 Å². The van der Waals surface area contributed by atoms with Gasteiger partial charge in [0.05, 0.1) is 12.1 Å². The number of aromatic nitrogens is 2. The van der Waals surface area contributed by atoms with Crippen molar-refractivity contribution in [3.63, 3.8) is 0 Å². The highest BCUT2D eigenvalue weighted by molar-refractivity contribution is 6.30. The van der Waals surface area contributed by atoms with E-state index in [4.69, 9.17) is 16.0 Å². The van der Waals surface area contributed by atoms with Gasteiger partial charge in [0.25, 0.3) is 5.91 Å². The Morgan fingerprint density at radius 1 is 1.26 bits per heavy atom. The molecule has 1 fully saturated rings. The minimum atomic E-state index is 0.0317. The first-order valence-electron chi connectivity index (χ1n) is 10.6. The predicted molar refractivity (Wildman–Crippen MR) is 122 cm³/mol. The lowest BCUT2D eigenvalue weighted by molar-refractivity contribution is 0.0693. The van der Waals surface area contributed by atoms with Crippen LogP contribution in [-0.2, 0) is 6.42 Å². The number of benzene rings is 2. The number of aryl methyl sites for hydroxylation is 1. The number of rotatable bonds is 4. The molecule has 1 aliphatic heterocycles. The molecule has 5 nitrogen and oxygen atoms in total. The minimum Gasteiger partial charge on any atom is -0.445 e. The second-order valence-corrected chi connectivity index (χ2v) is 8.77. The van der Waals surface area contributed by atoms with Crippen molar-refractivity contribution in [1.29, 1.82) is 0 Å². The summed E-state index contributed by atoms with van der Waals surface area (Å²) in [7, 11) is 0. The van der Waals surface area contributed by atoms with Gasteiger partial charge in [-0.2, -0.15) is 0 Å². The summed E-state index contributed by atoms with van der Waals surface area (Å²) in [5.74, 6) is 1.66. The van der Waals surface area contributed by atoms with Crippen molar-refractivity contribution in [3.05, 3.63) is 88.2 Å². The first-order valence-corrected chi connectivity index (χ1v) is 11.0. The zero-order valence-corrected chi connectivity index (χ0v) is 18.2. The maximum atomic E-state index is 13.1. The normalized spacial score (nSPS) is 16.7. The van der Waals surface area contributed by atoms with Gasteiger partial charge < -0.3 is 14.3 Å². The van der Waals surface area contributed by atoms with Gasteiger partial charge in [-0.05, 0) is 55.2 Å². The first kappa shape index (κ1) is 19.9. The fourth-order valence-electron chi connectivity index (χ4n) is 4.33. The van der Waals surface area contributed by atoms with E-state index >= 15 is 0 Å². The number of likely N-dealkylation sites (tertiary alicyclic amines) is 1. The van der Waals surface area contributed by atoms with Crippen molar-refractivity contribution in [2.45, 2.75) is 32.1 Å². The molecule has 31 heavy (non-hydrogen) atoms. The van der Waals surface area contributed by atoms with E-state index in [9.17, 15) is 4.79 Å². The van der Waals surface area contributed by atoms with Crippen LogP contribution in [0.1, 0.15) is 52.0 Å². The Kier molecular flexibility index (Phi) is 5.28. The topological polar surface area (TPSA) is 62.1 Å². The Morgan fingerprint density at radius 3 is 3.03 bits per heavy atom. The molecule has 0 bridgehead atoms. The van der Waals surface area contributed by atoms with Gasteiger partial charge in [-0.1, -0.05) is 35.9 Å². The average Bonchev–Trinajstić information content (AvgIpc) is 3.40. The molecular weight excluding hydrogens is 410 g/mol. The Morgan fingerprint density at radius 2 is 2.16 bits per heavy atom. The first-order chi connectivity index (χ1) is 15.0. The highest BCUT2D eigenvalue weighted by Crippen LogP contribution is 2.29. The maximum absolute atomic E-state index is 13.1. The molecule has 0 unspecified atom stereocenters. The highest BCUT2D eigenvalue weighted by atomic mass is 35.5. The van der Waals surface area contributed by atoms with E-state index in [0.717, 1.165) is 41.6 Å². The van der Waals surface area contributed by atoms with Gasteiger partial charge in [-0.3, -0.25) is 4.79 Å². The van der Waals surface area contributed by atoms with Crippen molar-refractivity contribution in [2.75, 3.05) is 13.1 Å². The molecule has 1 aliphatic rings. The second-order valence-electron chi connectivity index (χ2n) is 8.34. The summed E-state index contributed by atoms with van der Waals surface area (Å²) in [6.45, 7) is 3.41. The van der Waals surface area contributed by atoms with Crippen LogP contribution < -0.4 is 0 Å². The van der Waals surface area contributed by atoms with E-state index in [1.54, 1.807) is 6.20 Å². The number of carbonyl (C=O) groups excluding carboxylic acids is 1. The minimum absolute atomic E-state index is 0.0317. The van der Waals surface area contributed by atoms with Crippen LogP contribution in [0.25, 0.3) is 10.9 Å². The number of carbonyl (C=O) groups is 1. The molecule has 2 aromatic carbocycles. The lowest BCUT2D eigenvalue weighted by Gasteiger charge is -2.31. The number of hydrogen-bond acceptors (Lipinski definition) is 3. The summed E-state index contributed by atoms with van der Waals surface area (Å²) in [5.41, 5.74) is 3.89. The molecular formula is C25H24ClN3O2. The fraction of sp³-hybridized carbons (Fsp3) is 0.280. The number of halogens is 1. The van der Waals surface area contributed by atoms with Crippen LogP contribution >= 0.6 is 11.6 Å². The van der Waals surface area contributed by atoms with Gasteiger partial charge in [-0.15, -0.1) is 0 Å². The van der Waals surface area contributed by atoms with Crippen LogP contribution in [0.5, 0.6) is 0 Å². The number of H-pyrrole nitrogens is 1. The standard InChI is InChI=1S/C25H24ClN3O2/c1-16-7-8-18-13-23(28-22(18)10-16)25(30)29-9-3-5-19(15-29)24-27-14-21(31-24)12-17-4-2-6-20(26)11-17/h2,4,6-8,10-11,13-14,19,28H,3,5,9,12,15H2,1H3/t19-/m1/s1. The molecule has 1 amide bonds. The highest BCUT2D eigenvalue weighted by Gasteiger charge is 2.29. The summed E-state index contributed by atoms with van der Waals surface area (Å²) in [6, 6.07) is 15.9. The van der Waals surface area contributed by atoms with Crippen LogP contribution in [0.15, 0.2) is 59.1 Å². The number of aromatic amines is 1. The molecule has 0 saturated carbocycles. The molecule has 0 aliphatic carbocycles. The summed E-state index contributed by atoms with van der Waals surface area (Å²) < 4.78 is 6.06. The fourth-order valence-corrected chi connectivity index (χ4v) is 4.54. The largest absolute Gasteiger partial charge is 0.445 e. The predicted octanol–water partition coefficient (Wildman–Crippen LogP) is 5.73. The molecule has 2 aromatic heterocycles. The van der Waals surface area contributed by atoms with Gasteiger partial charge in [0, 0.05) is 35.4 Å². The quantitative estimate of drug-likeness (QED) is 0.447. The Labute approximate surface area is 186 Å². The average molecular weight is 434 g/mol. The number of nitrogens with one attached hydrogen (secondary N) is 1. The monoisotopic (exact) mass is 433 g/mol. The van der Waals surface area contributed by atoms with E-state index in [0.29, 0.717) is 29.6 Å². The second kappa shape index (κ2) is 8.23. The van der Waals surface area contributed by atoms with Crippen LogP contribution in [-0.4, -0.2) is 33.9 Å². The maximum Gasteiger partial charge on any atom is 0.270 e. The van der Waals surface area contributed by atoms with Crippen molar-refractivity contribution in [3.8, 4) is 0 Å². The smallest absolute Gasteiger partial charge is 0.270 e. The number of amides is 1. The van der Waals surface area contributed by atoms with Crippen molar-refractivity contribution in [2.24, 2.45) is 0 Å². The Bertz CT molecular complexity index is 1240. The number of oxazole rings is 1. The summed E-state index contributed by atoms with van der Waals surface area (Å²) >= 11 is 6.08. The van der Waals surface area contributed by atoms with E-state index < -0.39 is 0 Å². The number of hydrogen-bond donors (Lipinski definition) is 1. The van der Waals surface area contributed by atoms with Crippen LogP contribution in [0, 0.1) is 6.92 Å². The van der Waals surface area contributed by atoms with Crippen molar-refractivity contribution in [1.82, 2.24) is 14.9 Å². The number of fused-ring (bicyclic) bond motifs is 1. The van der Waals surface area contributed by atoms with Gasteiger partial charge in [-0.25, -0.2) is 4.98 Å². The third-order valence-electron chi connectivity index (χ3n) is 5.91. The molecule has 6 heteroatoms. The number of piperidine rings is 1. The lowest BCUT2D eigenvalue weighted by atomic mass is 9.97. The van der Waals surface area contributed by atoms with E-state index in [1.807, 2.05) is 48.2 Å². The molecule has 4 aromatic rings. The summed E-state index contributed by atoms with van der Waals surface area (Å²) in [5, 5.41) is 1.77. The number of nitrogens with zero attached hydrogens (tertiary/aromatic N) is 2. The third kappa shape index (κ3) is 4.23. The molecule has 158 valence electrons. The molecule has 1 atom stereocenters. The third-order valence-corrected chi connectivity index (χ3v) is 6.14. The van der Waals surface area contributed by atoms with Crippen LogP contribution in [0.4, 0.5) is 0 Å². The molecule has 0 spiro atoms. The molecule has 1 saturated heterocycles. The van der Waals surface area contributed by atoms with Gasteiger partial charge in [0.1, 0.15) is 11.5 Å². The Balaban J connectivity index is 1.29. The zero-order chi connectivity index (χ0) is 21.4. The lowest BCUT2D eigenvalue weighted by Crippen LogP contribution is -2.39. The van der Waals surface area contributed by atoms with E-state index in [-0.39, 0.29) is 11.8 Å². The Hall–Kier alpha value is -3.05. The van der Waals surface area contributed by atoms with E-state index in [1.165, 1.54) is 5.56 Å². The van der Waals surface area contributed by atoms with E-state index in [2.05, 4.69) is 22.1 Å². The summed E-state index contributed by atoms with van der Waals surface area (Å²) in [6.07, 6.45) is 4.34. The zero-order valence-electron chi connectivity index (χ0n) is 17.4. The van der Waals surface area contributed by atoms with Gasteiger partial charge in [0.2, 0.25) is 0 Å². The summed E-state index contributed by atoms with van der Waals surface area (Å²) in [4.78, 5) is 22.9. The SMILES string of the molecule is Cc1ccc2cc(C(=O)N3CCC[C@@H](c4ncc(Cc5cccc(Cl)c5)o4)C3)[nH]c2c1. The molecule has 3 heterocycles. The molecule has 5 rings (SSSR count). The molecule has 0 radical (unpaired) electrons. The van der Waals surface area contributed by atoms with Gasteiger partial charge in [0.15, 0.2) is 5.89 Å². The van der Waals surface area contributed by atoms with Crippen LogP contribution in [0.3, 0.4) is 0 Å². The van der Waals surface area contributed by atoms with Crippen LogP contribution in [0.2, 0.25) is 5.02 Å². The molecule has 1 N–H and O–H groups in total.